The maximum Gasteiger partial charge on any atom is 0.0865 e. The molecule has 1 aromatic carbocycles. The van der Waals surface area contributed by atoms with E-state index in [1.807, 2.05) is 11.6 Å². The van der Waals surface area contributed by atoms with Crippen LogP contribution < -0.4 is 5.32 Å². The van der Waals surface area contributed by atoms with Crippen molar-refractivity contribution >= 4 is 17.3 Å². The van der Waals surface area contributed by atoms with Gasteiger partial charge in [0.05, 0.1) is 23.0 Å². The SMILES string of the molecule is CCc1cccc(CC)c1NCc1c(Cl)c(C)nn1CC. The Bertz CT molecular complexity index is 594. The fourth-order valence-electron chi connectivity index (χ4n) is 2.68. The quantitative estimate of drug-likeness (QED) is 0.845. The van der Waals surface area contributed by atoms with E-state index in [4.69, 9.17) is 11.6 Å². The Morgan fingerprint density at radius 2 is 1.76 bits per heavy atom. The van der Waals surface area contributed by atoms with E-state index in [1.54, 1.807) is 0 Å². The lowest BCUT2D eigenvalue weighted by molar-refractivity contribution is 0.622. The molecular formula is C17H24ClN3. The average molecular weight is 306 g/mol. The first kappa shape index (κ1) is 15.9. The molecule has 0 atom stereocenters. The third-order valence-electron chi connectivity index (χ3n) is 3.88. The first-order valence-electron chi connectivity index (χ1n) is 7.68. The molecule has 0 bridgehead atoms. The highest BCUT2D eigenvalue weighted by atomic mass is 35.5. The molecule has 1 heterocycles. The van der Waals surface area contributed by atoms with E-state index in [0.717, 1.165) is 35.8 Å². The molecule has 0 aliphatic heterocycles. The van der Waals surface area contributed by atoms with E-state index in [0.29, 0.717) is 6.54 Å². The lowest BCUT2D eigenvalue weighted by atomic mass is 10.0. The second-order valence-corrected chi connectivity index (χ2v) is 5.55. The van der Waals surface area contributed by atoms with Gasteiger partial charge in [0.2, 0.25) is 0 Å². The summed E-state index contributed by atoms with van der Waals surface area (Å²) in [7, 11) is 0. The van der Waals surface area contributed by atoms with Crippen molar-refractivity contribution in [2.75, 3.05) is 5.32 Å². The summed E-state index contributed by atoms with van der Waals surface area (Å²) in [6, 6.07) is 6.51. The van der Waals surface area contributed by atoms with Crippen molar-refractivity contribution in [2.24, 2.45) is 0 Å². The van der Waals surface area contributed by atoms with Crippen LogP contribution in [-0.4, -0.2) is 9.78 Å². The first-order chi connectivity index (χ1) is 10.1. The van der Waals surface area contributed by atoms with Crippen molar-refractivity contribution in [3.63, 3.8) is 0 Å². The van der Waals surface area contributed by atoms with Crippen LogP contribution in [0, 0.1) is 6.92 Å². The highest BCUT2D eigenvalue weighted by molar-refractivity contribution is 6.31. The Morgan fingerprint density at radius 1 is 1.14 bits per heavy atom. The van der Waals surface area contributed by atoms with Crippen LogP contribution in [0.5, 0.6) is 0 Å². The molecule has 0 unspecified atom stereocenters. The normalized spacial score (nSPS) is 10.9. The number of para-hydroxylation sites is 1. The zero-order valence-electron chi connectivity index (χ0n) is 13.3. The molecule has 0 amide bonds. The highest BCUT2D eigenvalue weighted by Gasteiger charge is 2.13. The number of hydrogen-bond acceptors (Lipinski definition) is 2. The molecule has 0 saturated carbocycles. The van der Waals surface area contributed by atoms with Crippen LogP contribution in [0.4, 0.5) is 5.69 Å². The number of aromatic nitrogens is 2. The van der Waals surface area contributed by atoms with Gasteiger partial charge in [-0.1, -0.05) is 43.6 Å². The van der Waals surface area contributed by atoms with Gasteiger partial charge in [-0.25, -0.2) is 0 Å². The van der Waals surface area contributed by atoms with Gasteiger partial charge in [-0.3, -0.25) is 4.68 Å². The Balaban J connectivity index is 2.28. The molecule has 3 nitrogen and oxygen atoms in total. The summed E-state index contributed by atoms with van der Waals surface area (Å²) in [4.78, 5) is 0. The van der Waals surface area contributed by atoms with Gasteiger partial charge >= 0.3 is 0 Å². The number of aryl methyl sites for hydroxylation is 4. The molecular weight excluding hydrogens is 282 g/mol. The van der Waals surface area contributed by atoms with Crippen LogP contribution in [-0.2, 0) is 25.9 Å². The van der Waals surface area contributed by atoms with E-state index >= 15 is 0 Å². The van der Waals surface area contributed by atoms with Gasteiger partial charge in [0.1, 0.15) is 0 Å². The number of rotatable bonds is 6. The summed E-state index contributed by atoms with van der Waals surface area (Å²) < 4.78 is 1.98. The summed E-state index contributed by atoms with van der Waals surface area (Å²) >= 11 is 6.38. The second-order valence-electron chi connectivity index (χ2n) is 5.17. The molecule has 0 radical (unpaired) electrons. The topological polar surface area (TPSA) is 29.9 Å². The predicted molar refractivity (Wildman–Crippen MR) is 90.2 cm³/mol. The number of benzene rings is 1. The van der Waals surface area contributed by atoms with Crippen molar-refractivity contribution < 1.29 is 0 Å². The predicted octanol–water partition coefficient (Wildman–Crippen LogP) is 4.60. The van der Waals surface area contributed by atoms with Crippen molar-refractivity contribution in [3.8, 4) is 0 Å². The fourth-order valence-corrected chi connectivity index (χ4v) is 2.88. The Hall–Kier alpha value is -1.48. The summed E-state index contributed by atoms with van der Waals surface area (Å²) in [6.07, 6.45) is 2.05. The maximum absolute atomic E-state index is 6.38. The Morgan fingerprint density at radius 3 is 2.29 bits per heavy atom. The molecule has 1 N–H and O–H groups in total. The molecule has 1 aromatic heterocycles. The Labute approximate surface area is 132 Å². The van der Waals surface area contributed by atoms with E-state index in [9.17, 15) is 0 Å². The van der Waals surface area contributed by atoms with E-state index in [2.05, 4.69) is 49.4 Å². The number of nitrogens with one attached hydrogen (secondary N) is 1. The number of hydrogen-bond donors (Lipinski definition) is 1. The zero-order valence-corrected chi connectivity index (χ0v) is 14.1. The van der Waals surface area contributed by atoms with Crippen LogP contribution in [0.3, 0.4) is 0 Å². The highest BCUT2D eigenvalue weighted by Crippen LogP contribution is 2.26. The monoisotopic (exact) mass is 305 g/mol. The van der Waals surface area contributed by atoms with Crippen molar-refractivity contribution in [2.45, 2.75) is 53.6 Å². The molecule has 0 aliphatic carbocycles. The second kappa shape index (κ2) is 6.99. The van der Waals surface area contributed by atoms with Gasteiger partial charge in [-0.15, -0.1) is 0 Å². The molecule has 2 aromatic rings. The minimum atomic E-state index is 0.706. The Kier molecular flexibility index (Phi) is 5.29. The molecule has 2 rings (SSSR count). The van der Waals surface area contributed by atoms with Crippen LogP contribution >= 0.6 is 11.6 Å². The van der Waals surface area contributed by atoms with E-state index in [-0.39, 0.29) is 0 Å². The summed E-state index contributed by atoms with van der Waals surface area (Å²) in [5, 5.41) is 8.83. The van der Waals surface area contributed by atoms with Crippen LogP contribution in [0.15, 0.2) is 18.2 Å². The van der Waals surface area contributed by atoms with Crippen molar-refractivity contribution in [1.82, 2.24) is 9.78 Å². The number of anilines is 1. The van der Waals surface area contributed by atoms with Gasteiger partial charge in [-0.05, 0) is 37.8 Å². The van der Waals surface area contributed by atoms with Gasteiger partial charge in [0.25, 0.3) is 0 Å². The molecule has 4 heteroatoms. The summed E-state index contributed by atoms with van der Waals surface area (Å²) in [5.74, 6) is 0. The van der Waals surface area contributed by atoms with Crippen molar-refractivity contribution in [3.05, 3.63) is 45.7 Å². The van der Waals surface area contributed by atoms with Crippen molar-refractivity contribution in [1.29, 1.82) is 0 Å². The lowest BCUT2D eigenvalue weighted by Crippen LogP contribution is -2.10. The van der Waals surface area contributed by atoms with E-state index < -0.39 is 0 Å². The standard InChI is InChI=1S/C17H24ClN3/c1-5-13-9-8-10-14(6-2)17(13)19-11-15-16(18)12(4)20-21(15)7-3/h8-10,19H,5-7,11H2,1-4H3. The lowest BCUT2D eigenvalue weighted by Gasteiger charge is -2.16. The van der Waals surface area contributed by atoms with Crippen LogP contribution in [0.1, 0.15) is 43.3 Å². The molecule has 0 saturated heterocycles. The molecule has 0 aliphatic rings. The minimum absolute atomic E-state index is 0.706. The number of nitrogens with zero attached hydrogens (tertiary/aromatic N) is 2. The smallest absolute Gasteiger partial charge is 0.0865 e. The zero-order chi connectivity index (χ0) is 15.4. The first-order valence-corrected chi connectivity index (χ1v) is 8.06. The maximum atomic E-state index is 6.38. The van der Waals surface area contributed by atoms with Crippen LogP contribution in [0.25, 0.3) is 0 Å². The third-order valence-corrected chi connectivity index (χ3v) is 4.38. The molecule has 114 valence electrons. The summed E-state index contributed by atoms with van der Waals surface area (Å²) in [6.45, 7) is 9.96. The minimum Gasteiger partial charge on any atom is -0.379 e. The van der Waals surface area contributed by atoms with Gasteiger partial charge in [0, 0.05) is 12.2 Å². The van der Waals surface area contributed by atoms with E-state index in [1.165, 1.54) is 16.8 Å². The summed E-state index contributed by atoms with van der Waals surface area (Å²) in [5.41, 5.74) is 5.91. The van der Waals surface area contributed by atoms with Gasteiger partial charge < -0.3 is 5.32 Å². The fraction of sp³-hybridized carbons (Fsp3) is 0.471. The molecule has 0 fully saturated rings. The van der Waals surface area contributed by atoms with Gasteiger partial charge in [0.15, 0.2) is 0 Å². The third kappa shape index (κ3) is 3.24. The van der Waals surface area contributed by atoms with Gasteiger partial charge in [-0.2, -0.15) is 5.10 Å². The average Bonchev–Trinajstić information content (AvgIpc) is 2.79. The largest absolute Gasteiger partial charge is 0.379 e. The van der Waals surface area contributed by atoms with Crippen LogP contribution in [0.2, 0.25) is 5.02 Å². The molecule has 0 spiro atoms. The number of halogens is 1. The molecule has 21 heavy (non-hydrogen) atoms.